The maximum Gasteiger partial charge on any atom is 0.317 e. The summed E-state index contributed by atoms with van der Waals surface area (Å²) in [6.45, 7) is 2.43. The number of urea groups is 1. The monoisotopic (exact) mass is 563 g/mol. The summed E-state index contributed by atoms with van der Waals surface area (Å²) < 4.78 is 41.6. The van der Waals surface area contributed by atoms with Crippen LogP contribution in [-0.4, -0.2) is 63.8 Å². The van der Waals surface area contributed by atoms with Crippen LogP contribution in [0.15, 0.2) is 53.7 Å². The van der Waals surface area contributed by atoms with Crippen molar-refractivity contribution in [3.05, 3.63) is 60.3 Å². The lowest BCUT2D eigenvalue weighted by Crippen LogP contribution is -2.50. The van der Waals surface area contributed by atoms with E-state index >= 15 is 0 Å². The molecule has 2 aliphatic rings. The Hall–Kier alpha value is -4.06. The molecule has 12 heteroatoms. The molecule has 2 aliphatic heterocycles. The predicted octanol–water partition coefficient (Wildman–Crippen LogP) is 4.02. The van der Waals surface area contributed by atoms with Crippen molar-refractivity contribution in [2.24, 2.45) is 0 Å². The minimum Gasteiger partial charge on any atom is -0.382 e. The molecule has 3 atom stereocenters. The average Bonchev–Trinajstić information content (AvgIpc) is 3.46. The zero-order chi connectivity index (χ0) is 28.2. The van der Waals surface area contributed by atoms with Gasteiger partial charge in [0.1, 0.15) is 16.5 Å². The zero-order valence-electron chi connectivity index (χ0n) is 22.2. The van der Waals surface area contributed by atoms with Gasteiger partial charge in [-0.1, -0.05) is 18.2 Å². The van der Waals surface area contributed by atoms with Gasteiger partial charge in [-0.3, -0.25) is 4.98 Å². The number of carbonyl (C=O) groups excluding carboxylic acids is 1. The average molecular weight is 564 g/mol. The minimum atomic E-state index is -3.74. The standard InChI is InChI=1S/C28H30FN7O3S/c1-3-31-28(37)35-18-9-10-19(35)13-17(12-18)24-25(40(2,38)39)26(30)36-27(34-24)21(15-33-36)16-8-11-23(32-14-16)20-6-4-5-7-22(20)29/h4-8,11,14-15,17-19H,3,9-10,12-13,30H2,1-2H3,(H,31,37)/t17-,18+,19-. The zero-order valence-corrected chi connectivity index (χ0v) is 23.0. The SMILES string of the molecule is CCNC(=O)N1[C@@H]2CC[C@H]1C[C@@H](c1nc3c(-c4ccc(-c5ccccc5F)nc4)cnn3c(N)c1S(C)(=O)=O)C2. The number of hydrogen-bond donors (Lipinski definition) is 2. The van der Waals surface area contributed by atoms with E-state index in [1.807, 2.05) is 11.8 Å². The number of rotatable bonds is 5. The van der Waals surface area contributed by atoms with Gasteiger partial charge in [0.2, 0.25) is 0 Å². The molecule has 2 bridgehead atoms. The van der Waals surface area contributed by atoms with E-state index in [0.29, 0.717) is 53.1 Å². The van der Waals surface area contributed by atoms with E-state index in [1.165, 1.54) is 10.6 Å². The number of carbonyl (C=O) groups is 1. The number of piperidine rings is 1. The molecule has 40 heavy (non-hydrogen) atoms. The summed E-state index contributed by atoms with van der Waals surface area (Å²) in [5.74, 6) is -0.550. The molecule has 0 aliphatic carbocycles. The van der Waals surface area contributed by atoms with Crippen molar-refractivity contribution >= 4 is 27.3 Å². The molecule has 3 N–H and O–H groups in total. The number of benzene rings is 1. The number of fused-ring (bicyclic) bond motifs is 3. The van der Waals surface area contributed by atoms with Gasteiger partial charge in [0, 0.05) is 53.7 Å². The van der Waals surface area contributed by atoms with Crippen molar-refractivity contribution in [1.82, 2.24) is 29.8 Å². The van der Waals surface area contributed by atoms with Crippen LogP contribution < -0.4 is 11.1 Å². The first-order chi connectivity index (χ1) is 19.2. The summed E-state index contributed by atoms with van der Waals surface area (Å²) in [6, 6.07) is 9.88. The number of aromatic nitrogens is 4. The summed E-state index contributed by atoms with van der Waals surface area (Å²) in [6.07, 6.45) is 7.25. The number of pyridine rings is 1. The lowest BCUT2D eigenvalue weighted by atomic mass is 9.88. The molecule has 2 amide bonds. The lowest BCUT2D eigenvalue weighted by Gasteiger charge is -2.39. The van der Waals surface area contributed by atoms with Crippen LogP contribution >= 0.6 is 0 Å². The Morgan fingerprint density at radius 1 is 1.10 bits per heavy atom. The Morgan fingerprint density at radius 3 is 2.45 bits per heavy atom. The van der Waals surface area contributed by atoms with Gasteiger partial charge in [-0.25, -0.2) is 22.6 Å². The number of sulfone groups is 1. The molecule has 2 fully saturated rings. The first-order valence-electron chi connectivity index (χ1n) is 13.3. The molecule has 208 valence electrons. The fourth-order valence-corrected chi connectivity index (χ4v) is 7.29. The molecular weight excluding hydrogens is 533 g/mol. The molecule has 2 saturated heterocycles. The van der Waals surface area contributed by atoms with Gasteiger partial charge in [0.05, 0.1) is 17.6 Å². The summed E-state index contributed by atoms with van der Waals surface area (Å²) in [5, 5.41) is 7.26. The van der Waals surface area contributed by atoms with E-state index in [-0.39, 0.29) is 40.6 Å². The molecule has 0 saturated carbocycles. The van der Waals surface area contributed by atoms with Gasteiger partial charge >= 0.3 is 6.03 Å². The number of nitrogen functional groups attached to an aromatic ring is 1. The number of nitrogens with zero attached hydrogens (tertiary/aromatic N) is 5. The third-order valence-corrected chi connectivity index (χ3v) is 9.10. The lowest BCUT2D eigenvalue weighted by molar-refractivity contribution is 0.137. The first-order valence-corrected chi connectivity index (χ1v) is 15.2. The number of nitrogens with two attached hydrogens (primary N) is 1. The Kier molecular flexibility index (Phi) is 6.44. The van der Waals surface area contributed by atoms with Crippen LogP contribution in [0.1, 0.15) is 44.2 Å². The van der Waals surface area contributed by atoms with E-state index in [0.717, 1.165) is 19.1 Å². The Labute approximate surface area is 231 Å². The highest BCUT2D eigenvalue weighted by Gasteiger charge is 2.45. The molecule has 3 aromatic heterocycles. The van der Waals surface area contributed by atoms with Gasteiger partial charge in [-0.15, -0.1) is 0 Å². The number of amides is 2. The molecular formula is C28H30FN7O3S. The third kappa shape index (κ3) is 4.36. The molecule has 10 nitrogen and oxygen atoms in total. The van der Waals surface area contributed by atoms with E-state index < -0.39 is 9.84 Å². The minimum absolute atomic E-state index is 0.00136. The number of halogens is 1. The molecule has 0 unspecified atom stereocenters. The van der Waals surface area contributed by atoms with Crippen molar-refractivity contribution < 1.29 is 17.6 Å². The van der Waals surface area contributed by atoms with Gasteiger partial charge in [0.15, 0.2) is 15.5 Å². The largest absolute Gasteiger partial charge is 0.382 e. The molecule has 0 spiro atoms. The fourth-order valence-electron chi connectivity index (χ4n) is 6.23. The third-order valence-electron chi connectivity index (χ3n) is 7.94. The van der Waals surface area contributed by atoms with Crippen LogP contribution in [0, 0.1) is 5.82 Å². The maximum atomic E-state index is 14.3. The van der Waals surface area contributed by atoms with Crippen molar-refractivity contribution in [3.63, 3.8) is 0 Å². The van der Waals surface area contributed by atoms with Crippen LogP contribution in [-0.2, 0) is 9.84 Å². The number of nitrogens with one attached hydrogen (secondary N) is 1. The summed E-state index contributed by atoms with van der Waals surface area (Å²) >= 11 is 0. The first kappa shape index (κ1) is 26.2. The second kappa shape index (κ2) is 9.84. The smallest absolute Gasteiger partial charge is 0.317 e. The topological polar surface area (TPSA) is 136 Å². The fraction of sp³-hybridized carbons (Fsp3) is 0.357. The Balaban J connectivity index is 1.42. The Morgan fingerprint density at radius 2 is 1.82 bits per heavy atom. The van der Waals surface area contributed by atoms with Gasteiger partial charge < -0.3 is 16.0 Å². The van der Waals surface area contributed by atoms with Crippen LogP contribution in [0.2, 0.25) is 0 Å². The van der Waals surface area contributed by atoms with E-state index in [9.17, 15) is 17.6 Å². The quantitative estimate of drug-likeness (QED) is 0.374. The van der Waals surface area contributed by atoms with Crippen LogP contribution in [0.3, 0.4) is 0 Å². The number of hydrogen-bond acceptors (Lipinski definition) is 7. The van der Waals surface area contributed by atoms with Crippen molar-refractivity contribution in [3.8, 4) is 22.4 Å². The molecule has 0 radical (unpaired) electrons. The van der Waals surface area contributed by atoms with E-state index in [2.05, 4.69) is 15.4 Å². The normalized spacial score (nSPS) is 20.7. The molecule has 4 aromatic rings. The highest BCUT2D eigenvalue weighted by molar-refractivity contribution is 7.91. The second-order valence-electron chi connectivity index (χ2n) is 10.5. The van der Waals surface area contributed by atoms with Gasteiger partial charge in [-0.2, -0.15) is 9.61 Å². The van der Waals surface area contributed by atoms with Gasteiger partial charge in [0.25, 0.3) is 0 Å². The second-order valence-corrected chi connectivity index (χ2v) is 12.4. The van der Waals surface area contributed by atoms with E-state index in [4.69, 9.17) is 10.7 Å². The summed E-state index contributed by atoms with van der Waals surface area (Å²) in [4.78, 5) is 23.9. The number of anilines is 1. The van der Waals surface area contributed by atoms with Crippen molar-refractivity contribution in [1.29, 1.82) is 0 Å². The van der Waals surface area contributed by atoms with Crippen molar-refractivity contribution in [2.75, 3.05) is 18.5 Å². The highest BCUT2D eigenvalue weighted by Crippen LogP contribution is 2.45. The van der Waals surface area contributed by atoms with Crippen LogP contribution in [0.5, 0.6) is 0 Å². The maximum absolute atomic E-state index is 14.3. The van der Waals surface area contributed by atoms with E-state index in [1.54, 1.807) is 42.7 Å². The Bertz CT molecular complexity index is 1710. The van der Waals surface area contributed by atoms with Crippen molar-refractivity contribution in [2.45, 2.75) is 55.5 Å². The van der Waals surface area contributed by atoms with Crippen LogP contribution in [0.4, 0.5) is 15.0 Å². The highest BCUT2D eigenvalue weighted by atomic mass is 32.2. The molecule has 1 aromatic carbocycles. The molecule has 6 rings (SSSR count). The van der Waals surface area contributed by atoms with Crippen LogP contribution in [0.25, 0.3) is 28.0 Å². The van der Waals surface area contributed by atoms with Gasteiger partial charge in [-0.05, 0) is 50.8 Å². The molecule has 5 heterocycles. The summed E-state index contributed by atoms with van der Waals surface area (Å²) in [7, 11) is -3.74. The predicted molar refractivity (Wildman–Crippen MR) is 149 cm³/mol. The summed E-state index contributed by atoms with van der Waals surface area (Å²) in [5.41, 5.74) is 9.49.